The van der Waals surface area contributed by atoms with Gasteiger partial charge in [-0.1, -0.05) is 22.9 Å². The number of carbonyl (C=O) groups is 1. The molecule has 1 aliphatic heterocycles. The van der Waals surface area contributed by atoms with Crippen molar-refractivity contribution in [1.29, 1.82) is 0 Å². The summed E-state index contributed by atoms with van der Waals surface area (Å²) in [5.74, 6) is 1.74. The molecule has 0 bridgehead atoms. The Balaban J connectivity index is 1.95. The summed E-state index contributed by atoms with van der Waals surface area (Å²) in [4.78, 5) is 12.0. The molecule has 0 fully saturated rings. The number of hydrogen-bond donors (Lipinski definition) is 1. The number of alkyl halides is 1. The lowest BCUT2D eigenvalue weighted by atomic mass is 10.1. The fraction of sp³-hybridized carbons (Fsp3) is 0.500. The first-order valence-electron chi connectivity index (χ1n) is 6.44. The van der Waals surface area contributed by atoms with Crippen molar-refractivity contribution in [1.82, 2.24) is 5.32 Å². The van der Waals surface area contributed by atoms with E-state index >= 15 is 0 Å². The van der Waals surface area contributed by atoms with Crippen molar-refractivity contribution in [2.24, 2.45) is 5.92 Å². The van der Waals surface area contributed by atoms with E-state index < -0.39 is 0 Å². The number of fused-ring (bicyclic) bond motifs is 1. The number of hydrogen-bond acceptors (Lipinski definition) is 3. The first kappa shape index (κ1) is 14.2. The number of amides is 1. The van der Waals surface area contributed by atoms with E-state index in [-0.39, 0.29) is 5.91 Å². The Morgan fingerprint density at radius 3 is 2.84 bits per heavy atom. The van der Waals surface area contributed by atoms with Crippen LogP contribution in [0.3, 0.4) is 0 Å². The highest BCUT2D eigenvalue weighted by atomic mass is 79.9. The molecule has 0 aliphatic carbocycles. The zero-order valence-corrected chi connectivity index (χ0v) is 12.5. The first-order chi connectivity index (χ1) is 9.20. The van der Waals surface area contributed by atoms with Gasteiger partial charge in [0, 0.05) is 17.4 Å². The normalized spacial score (nSPS) is 14.8. The minimum absolute atomic E-state index is 0.0709. The SMILES string of the molecule is CC(CCBr)CNC(=O)c1ccc2c(c1)OCCO2. The molecule has 5 heteroatoms. The van der Waals surface area contributed by atoms with Gasteiger partial charge in [0.15, 0.2) is 11.5 Å². The summed E-state index contributed by atoms with van der Waals surface area (Å²) < 4.78 is 10.9. The molecule has 104 valence electrons. The van der Waals surface area contributed by atoms with Gasteiger partial charge in [0.05, 0.1) is 0 Å². The fourth-order valence-electron chi connectivity index (χ4n) is 1.84. The average molecular weight is 328 g/mol. The van der Waals surface area contributed by atoms with Gasteiger partial charge in [-0.15, -0.1) is 0 Å². The number of carbonyl (C=O) groups excluding carboxylic acids is 1. The Kier molecular flexibility index (Phi) is 5.07. The van der Waals surface area contributed by atoms with Gasteiger partial charge in [0.1, 0.15) is 13.2 Å². The van der Waals surface area contributed by atoms with Crippen LogP contribution in [0.4, 0.5) is 0 Å². The van der Waals surface area contributed by atoms with Crippen LogP contribution in [0.5, 0.6) is 11.5 Å². The molecular formula is C14H18BrNO3. The maximum Gasteiger partial charge on any atom is 0.251 e. The second-order valence-corrected chi connectivity index (χ2v) is 5.44. The van der Waals surface area contributed by atoms with Crippen molar-refractivity contribution in [3.63, 3.8) is 0 Å². The van der Waals surface area contributed by atoms with Crippen molar-refractivity contribution in [2.75, 3.05) is 25.1 Å². The fourth-order valence-corrected chi connectivity index (χ4v) is 2.62. The van der Waals surface area contributed by atoms with E-state index in [4.69, 9.17) is 9.47 Å². The summed E-state index contributed by atoms with van der Waals surface area (Å²) in [5.41, 5.74) is 0.607. The molecule has 1 atom stereocenters. The monoisotopic (exact) mass is 327 g/mol. The Hall–Kier alpha value is -1.23. The molecule has 1 aromatic rings. The third kappa shape index (κ3) is 3.86. The molecule has 0 radical (unpaired) electrons. The molecule has 4 nitrogen and oxygen atoms in total. The Morgan fingerprint density at radius 1 is 1.37 bits per heavy atom. The maximum atomic E-state index is 12.0. The van der Waals surface area contributed by atoms with Gasteiger partial charge < -0.3 is 14.8 Å². The van der Waals surface area contributed by atoms with Gasteiger partial charge in [0.2, 0.25) is 0 Å². The molecule has 0 saturated carbocycles. The quantitative estimate of drug-likeness (QED) is 0.845. The highest BCUT2D eigenvalue weighted by Crippen LogP contribution is 2.30. The molecule has 0 aromatic heterocycles. The van der Waals surface area contributed by atoms with Crippen LogP contribution in [0.25, 0.3) is 0 Å². The van der Waals surface area contributed by atoms with Gasteiger partial charge in [-0.2, -0.15) is 0 Å². The van der Waals surface area contributed by atoms with Crippen molar-refractivity contribution in [3.05, 3.63) is 23.8 Å². The van der Waals surface area contributed by atoms with Gasteiger partial charge in [-0.25, -0.2) is 0 Å². The van der Waals surface area contributed by atoms with Crippen molar-refractivity contribution >= 4 is 21.8 Å². The molecule has 1 aromatic carbocycles. The van der Waals surface area contributed by atoms with Crippen molar-refractivity contribution in [3.8, 4) is 11.5 Å². The highest BCUT2D eigenvalue weighted by Gasteiger charge is 2.15. The van der Waals surface area contributed by atoms with E-state index in [1.807, 2.05) is 0 Å². The molecule has 19 heavy (non-hydrogen) atoms. The predicted octanol–water partition coefficient (Wildman–Crippen LogP) is 2.61. The van der Waals surface area contributed by atoms with Gasteiger partial charge in [0.25, 0.3) is 5.91 Å². The molecule has 1 amide bonds. The second-order valence-electron chi connectivity index (χ2n) is 4.65. The third-order valence-electron chi connectivity index (χ3n) is 3.02. The minimum Gasteiger partial charge on any atom is -0.486 e. The van der Waals surface area contributed by atoms with Crippen LogP contribution in [0.1, 0.15) is 23.7 Å². The van der Waals surface area contributed by atoms with Gasteiger partial charge >= 0.3 is 0 Å². The van der Waals surface area contributed by atoms with Crippen LogP contribution in [0.2, 0.25) is 0 Å². The van der Waals surface area contributed by atoms with E-state index in [0.29, 0.717) is 42.7 Å². The summed E-state index contributed by atoms with van der Waals surface area (Å²) in [5, 5.41) is 3.89. The van der Waals surface area contributed by atoms with E-state index in [1.165, 1.54) is 0 Å². The first-order valence-corrected chi connectivity index (χ1v) is 7.56. The lowest BCUT2D eigenvalue weighted by Crippen LogP contribution is -2.28. The molecule has 0 spiro atoms. The molecule has 0 saturated heterocycles. The van der Waals surface area contributed by atoms with E-state index in [9.17, 15) is 4.79 Å². The minimum atomic E-state index is -0.0709. The molecule has 1 aliphatic rings. The number of nitrogens with one attached hydrogen (secondary N) is 1. The number of ether oxygens (including phenoxy) is 2. The van der Waals surface area contributed by atoms with E-state index in [0.717, 1.165) is 11.8 Å². The largest absolute Gasteiger partial charge is 0.486 e. The van der Waals surface area contributed by atoms with Crippen LogP contribution in [0, 0.1) is 5.92 Å². The summed E-state index contributed by atoms with van der Waals surface area (Å²) in [7, 11) is 0. The molecule has 1 N–H and O–H groups in total. The summed E-state index contributed by atoms with van der Waals surface area (Å²) in [6.07, 6.45) is 1.04. The summed E-state index contributed by atoms with van der Waals surface area (Å²) in [6.45, 7) is 3.88. The Morgan fingerprint density at radius 2 is 2.11 bits per heavy atom. The number of rotatable bonds is 5. The average Bonchev–Trinajstić information content (AvgIpc) is 2.44. The summed E-state index contributed by atoms with van der Waals surface area (Å²) in [6, 6.07) is 5.28. The standard InChI is InChI=1S/C14H18BrNO3/c1-10(4-5-15)9-16-14(17)11-2-3-12-13(8-11)19-7-6-18-12/h2-3,8,10H,4-7,9H2,1H3,(H,16,17). The van der Waals surface area contributed by atoms with Crippen LogP contribution < -0.4 is 14.8 Å². The molecule has 2 rings (SSSR count). The van der Waals surface area contributed by atoms with E-state index in [2.05, 4.69) is 28.2 Å². The predicted molar refractivity (Wildman–Crippen MR) is 77.3 cm³/mol. The topological polar surface area (TPSA) is 47.6 Å². The Bertz CT molecular complexity index is 450. The summed E-state index contributed by atoms with van der Waals surface area (Å²) >= 11 is 3.40. The number of benzene rings is 1. The maximum absolute atomic E-state index is 12.0. The smallest absolute Gasteiger partial charge is 0.251 e. The van der Waals surface area contributed by atoms with Gasteiger partial charge in [-0.3, -0.25) is 4.79 Å². The second kappa shape index (κ2) is 6.80. The lowest BCUT2D eigenvalue weighted by molar-refractivity contribution is 0.0946. The third-order valence-corrected chi connectivity index (χ3v) is 3.48. The molecule has 1 unspecified atom stereocenters. The lowest BCUT2D eigenvalue weighted by Gasteiger charge is -2.19. The number of halogens is 1. The molecular weight excluding hydrogens is 310 g/mol. The van der Waals surface area contributed by atoms with Gasteiger partial charge in [-0.05, 0) is 30.5 Å². The van der Waals surface area contributed by atoms with Crippen LogP contribution in [0.15, 0.2) is 18.2 Å². The van der Waals surface area contributed by atoms with Crippen molar-refractivity contribution < 1.29 is 14.3 Å². The molecule has 1 heterocycles. The zero-order chi connectivity index (χ0) is 13.7. The highest BCUT2D eigenvalue weighted by molar-refractivity contribution is 9.09. The van der Waals surface area contributed by atoms with Crippen molar-refractivity contribution in [2.45, 2.75) is 13.3 Å². The van der Waals surface area contributed by atoms with Crippen LogP contribution >= 0.6 is 15.9 Å². The zero-order valence-electron chi connectivity index (χ0n) is 10.9. The van der Waals surface area contributed by atoms with E-state index in [1.54, 1.807) is 18.2 Å². The van der Waals surface area contributed by atoms with Crippen LogP contribution in [-0.2, 0) is 0 Å². The Labute approximate surface area is 121 Å². The van der Waals surface area contributed by atoms with Crippen LogP contribution in [-0.4, -0.2) is 31.0 Å².